The van der Waals surface area contributed by atoms with Crippen molar-refractivity contribution in [2.75, 3.05) is 31.0 Å². The normalized spacial score (nSPS) is 11.2. The lowest BCUT2D eigenvalue weighted by molar-refractivity contribution is 0.294. The van der Waals surface area contributed by atoms with Crippen molar-refractivity contribution in [2.45, 2.75) is 13.3 Å². The zero-order valence-corrected chi connectivity index (χ0v) is 11.5. The van der Waals surface area contributed by atoms with Gasteiger partial charge in [-0.3, -0.25) is 0 Å². The fraction of sp³-hybridized carbons (Fsp3) is 0.500. The van der Waals surface area contributed by atoms with Gasteiger partial charge in [-0.25, -0.2) is 8.42 Å². The van der Waals surface area contributed by atoms with Crippen LogP contribution >= 0.6 is 0 Å². The maximum absolute atomic E-state index is 11.3. The third-order valence-electron chi connectivity index (χ3n) is 2.48. The number of rotatable bonds is 7. The van der Waals surface area contributed by atoms with Crippen molar-refractivity contribution in [3.05, 3.63) is 18.2 Å². The average molecular weight is 273 g/mol. The molecule has 0 amide bonds. The third kappa shape index (κ3) is 4.44. The third-order valence-corrected chi connectivity index (χ3v) is 4.28. The molecule has 0 unspecified atom stereocenters. The van der Waals surface area contributed by atoms with Gasteiger partial charge in [-0.15, -0.1) is 0 Å². The van der Waals surface area contributed by atoms with Crippen LogP contribution < -0.4 is 15.2 Å². The first-order chi connectivity index (χ1) is 8.48. The molecule has 0 aromatic heterocycles. The Morgan fingerprint density at radius 1 is 1.28 bits per heavy atom. The summed E-state index contributed by atoms with van der Waals surface area (Å²) in [5.41, 5.74) is 6.21. The number of methoxy groups -OCH3 is 1. The summed E-state index contributed by atoms with van der Waals surface area (Å²) in [6.07, 6.45) is 0.462. The highest BCUT2D eigenvalue weighted by molar-refractivity contribution is 7.91. The molecule has 0 saturated heterocycles. The summed E-state index contributed by atoms with van der Waals surface area (Å²) < 4.78 is 33.2. The number of hydrogen-bond acceptors (Lipinski definition) is 5. The van der Waals surface area contributed by atoms with Crippen LogP contribution in [0.1, 0.15) is 13.3 Å². The first-order valence-electron chi connectivity index (χ1n) is 5.75. The van der Waals surface area contributed by atoms with E-state index in [1.54, 1.807) is 25.1 Å². The van der Waals surface area contributed by atoms with Crippen LogP contribution in [-0.4, -0.2) is 33.6 Å². The molecule has 102 valence electrons. The van der Waals surface area contributed by atoms with Crippen LogP contribution in [0.25, 0.3) is 0 Å². The molecular weight excluding hydrogens is 254 g/mol. The first-order valence-corrected chi connectivity index (χ1v) is 7.57. The number of anilines is 1. The Bertz CT molecular complexity index is 485. The van der Waals surface area contributed by atoms with Gasteiger partial charge in [0.1, 0.15) is 9.84 Å². The van der Waals surface area contributed by atoms with E-state index in [-0.39, 0.29) is 11.5 Å². The molecule has 6 heteroatoms. The highest BCUT2D eigenvalue weighted by Crippen LogP contribution is 2.28. The zero-order chi connectivity index (χ0) is 13.6. The Balaban J connectivity index is 2.49. The molecule has 0 radical (unpaired) electrons. The second-order valence-electron chi connectivity index (χ2n) is 3.85. The Morgan fingerprint density at radius 3 is 2.61 bits per heavy atom. The predicted molar refractivity (Wildman–Crippen MR) is 71.8 cm³/mol. The Hall–Kier alpha value is -1.43. The minimum Gasteiger partial charge on any atom is -0.493 e. The molecular formula is C12H19NO4S. The van der Waals surface area contributed by atoms with Crippen LogP contribution in [0, 0.1) is 0 Å². The summed E-state index contributed by atoms with van der Waals surface area (Å²) in [5, 5.41) is 0. The molecule has 2 N–H and O–H groups in total. The lowest BCUT2D eigenvalue weighted by Crippen LogP contribution is -2.12. The molecule has 0 saturated carbocycles. The number of ether oxygens (including phenoxy) is 2. The highest BCUT2D eigenvalue weighted by atomic mass is 32.2. The monoisotopic (exact) mass is 273 g/mol. The average Bonchev–Trinajstić information content (AvgIpc) is 2.36. The zero-order valence-electron chi connectivity index (χ0n) is 10.7. The summed E-state index contributed by atoms with van der Waals surface area (Å²) in [4.78, 5) is 0. The van der Waals surface area contributed by atoms with Gasteiger partial charge in [-0.1, -0.05) is 6.92 Å². The molecule has 18 heavy (non-hydrogen) atoms. The van der Waals surface area contributed by atoms with Crippen molar-refractivity contribution in [2.24, 2.45) is 0 Å². The lowest BCUT2D eigenvalue weighted by Gasteiger charge is -2.11. The minimum absolute atomic E-state index is 0.140. The number of sulfone groups is 1. The van der Waals surface area contributed by atoms with Gasteiger partial charge in [-0.05, 0) is 18.6 Å². The fourth-order valence-corrected chi connectivity index (χ4v) is 2.26. The molecule has 0 spiro atoms. The van der Waals surface area contributed by atoms with Gasteiger partial charge in [0.15, 0.2) is 11.5 Å². The smallest absolute Gasteiger partial charge is 0.162 e. The maximum Gasteiger partial charge on any atom is 0.162 e. The predicted octanol–water partition coefficient (Wildman–Crippen LogP) is 1.48. The van der Waals surface area contributed by atoms with Crippen LogP contribution in [0.15, 0.2) is 18.2 Å². The van der Waals surface area contributed by atoms with E-state index in [1.807, 2.05) is 0 Å². The molecule has 1 aromatic rings. The standard InChI is InChI=1S/C12H19NO4S/c1-3-18(14,15)8-4-7-17-11-6-5-10(13)9-12(11)16-2/h5-6,9H,3-4,7-8,13H2,1-2H3. The van der Waals surface area contributed by atoms with Crippen LogP contribution in [-0.2, 0) is 9.84 Å². The highest BCUT2D eigenvalue weighted by Gasteiger charge is 2.08. The van der Waals surface area contributed by atoms with Crippen molar-refractivity contribution in [1.29, 1.82) is 0 Å². The molecule has 0 bridgehead atoms. The van der Waals surface area contributed by atoms with Gasteiger partial charge >= 0.3 is 0 Å². The van der Waals surface area contributed by atoms with Crippen molar-refractivity contribution in [3.8, 4) is 11.5 Å². The topological polar surface area (TPSA) is 78.6 Å². The van der Waals surface area contributed by atoms with Gasteiger partial charge in [-0.2, -0.15) is 0 Å². The lowest BCUT2D eigenvalue weighted by atomic mass is 10.3. The Kier molecular flexibility index (Phi) is 5.27. The molecule has 0 atom stereocenters. The second-order valence-corrected chi connectivity index (χ2v) is 6.32. The Labute approximate surface area is 108 Å². The van der Waals surface area contributed by atoms with E-state index in [9.17, 15) is 8.42 Å². The van der Waals surface area contributed by atoms with Gasteiger partial charge in [0.25, 0.3) is 0 Å². The number of benzene rings is 1. The summed E-state index contributed by atoms with van der Waals surface area (Å²) in [5.74, 6) is 1.42. The first kappa shape index (κ1) is 14.6. The fourth-order valence-electron chi connectivity index (χ4n) is 1.41. The van der Waals surface area contributed by atoms with E-state index in [2.05, 4.69) is 0 Å². The quantitative estimate of drug-likeness (QED) is 0.601. The molecule has 0 fully saturated rings. The molecule has 0 aliphatic heterocycles. The molecule has 5 nitrogen and oxygen atoms in total. The minimum atomic E-state index is -2.93. The van der Waals surface area contributed by atoms with E-state index < -0.39 is 9.84 Å². The SMILES string of the molecule is CCS(=O)(=O)CCCOc1ccc(N)cc1OC. The van der Waals surface area contributed by atoms with E-state index in [0.717, 1.165) is 0 Å². The Morgan fingerprint density at radius 2 is 2.00 bits per heavy atom. The van der Waals surface area contributed by atoms with Gasteiger partial charge in [0, 0.05) is 17.5 Å². The molecule has 0 heterocycles. The maximum atomic E-state index is 11.3. The molecule has 1 rings (SSSR count). The van der Waals surface area contributed by atoms with Crippen molar-refractivity contribution in [3.63, 3.8) is 0 Å². The van der Waals surface area contributed by atoms with Gasteiger partial charge in [0.05, 0.1) is 19.5 Å². The second kappa shape index (κ2) is 6.49. The number of hydrogen-bond donors (Lipinski definition) is 1. The van der Waals surface area contributed by atoms with Gasteiger partial charge < -0.3 is 15.2 Å². The van der Waals surface area contributed by atoms with Crippen molar-refractivity contribution in [1.82, 2.24) is 0 Å². The summed E-state index contributed by atoms with van der Waals surface area (Å²) in [7, 11) is -1.40. The van der Waals surface area contributed by atoms with E-state index in [1.165, 1.54) is 7.11 Å². The van der Waals surface area contributed by atoms with Crippen LogP contribution in [0.5, 0.6) is 11.5 Å². The van der Waals surface area contributed by atoms with Crippen molar-refractivity contribution >= 4 is 15.5 Å². The summed E-state index contributed by atoms with van der Waals surface area (Å²) >= 11 is 0. The number of nitrogens with two attached hydrogens (primary N) is 1. The largest absolute Gasteiger partial charge is 0.493 e. The molecule has 0 aliphatic rings. The van der Waals surface area contributed by atoms with E-state index in [4.69, 9.17) is 15.2 Å². The van der Waals surface area contributed by atoms with Crippen LogP contribution in [0.4, 0.5) is 5.69 Å². The van der Waals surface area contributed by atoms with Crippen LogP contribution in [0.3, 0.4) is 0 Å². The van der Waals surface area contributed by atoms with Gasteiger partial charge in [0.2, 0.25) is 0 Å². The number of nitrogen functional groups attached to an aromatic ring is 1. The molecule has 1 aromatic carbocycles. The van der Waals surface area contributed by atoms with Crippen molar-refractivity contribution < 1.29 is 17.9 Å². The van der Waals surface area contributed by atoms with E-state index >= 15 is 0 Å². The summed E-state index contributed by atoms with van der Waals surface area (Å²) in [6.45, 7) is 1.97. The molecule has 0 aliphatic carbocycles. The van der Waals surface area contributed by atoms with Crippen LogP contribution in [0.2, 0.25) is 0 Å². The summed E-state index contributed by atoms with van der Waals surface area (Å²) in [6, 6.07) is 5.08. The van der Waals surface area contributed by atoms with E-state index in [0.29, 0.717) is 30.2 Å².